The summed E-state index contributed by atoms with van der Waals surface area (Å²) < 4.78 is 0.994. The lowest BCUT2D eigenvalue weighted by Crippen LogP contribution is -2.39. The van der Waals surface area contributed by atoms with E-state index >= 15 is 0 Å². The van der Waals surface area contributed by atoms with Gasteiger partial charge >= 0.3 is 0 Å². The molecule has 8 heteroatoms. The smallest absolute Gasteiger partial charge is 0.226 e. The molecule has 0 spiro atoms. The monoisotopic (exact) mass is 568 g/mol. The number of hydrogen-bond acceptors (Lipinski definition) is 3. The van der Waals surface area contributed by atoms with Crippen LogP contribution in [0.1, 0.15) is 45.1 Å². The third-order valence-corrected chi connectivity index (χ3v) is 4.69. The van der Waals surface area contributed by atoms with Gasteiger partial charge in [-0.25, -0.2) is 0 Å². The second kappa shape index (κ2) is 16.0. The molecule has 0 saturated heterocycles. The summed E-state index contributed by atoms with van der Waals surface area (Å²) in [5, 5.41) is 18.5. The first-order valence-electron chi connectivity index (χ1n) is 9.69. The molecule has 0 aliphatic carbocycles. The number of anilines is 1. The summed E-state index contributed by atoms with van der Waals surface area (Å²) in [6.45, 7) is 8.25. The summed E-state index contributed by atoms with van der Waals surface area (Å²) in [6.07, 6.45) is 3.26. The lowest BCUT2D eigenvalue weighted by molar-refractivity contribution is -0.116. The molecule has 1 unspecified atom stereocenters. The van der Waals surface area contributed by atoms with Gasteiger partial charge in [-0.1, -0.05) is 29.3 Å². The lowest BCUT2D eigenvalue weighted by Gasteiger charge is -2.15. The number of nitrogens with zero attached hydrogens (tertiary/aromatic N) is 1. The van der Waals surface area contributed by atoms with Crippen LogP contribution < -0.4 is 16.0 Å². The Morgan fingerprint density at radius 3 is 2.61 bits per heavy atom. The third-order valence-electron chi connectivity index (χ3n) is 4.19. The summed E-state index contributed by atoms with van der Waals surface area (Å²) in [6, 6.07) is 5.78. The van der Waals surface area contributed by atoms with E-state index in [2.05, 4.69) is 43.8 Å². The number of aliphatic hydroxyl groups is 1. The Labute approximate surface area is 194 Å². The topological polar surface area (TPSA) is 85.8 Å². The molecule has 0 aliphatic rings. The van der Waals surface area contributed by atoms with Crippen molar-refractivity contribution in [2.45, 2.75) is 46.5 Å². The van der Waals surface area contributed by atoms with E-state index in [0.29, 0.717) is 31.4 Å². The van der Waals surface area contributed by atoms with Crippen molar-refractivity contribution >= 4 is 57.5 Å². The molecule has 0 heterocycles. The maximum atomic E-state index is 12.2. The van der Waals surface area contributed by atoms with Gasteiger partial charge in [0, 0.05) is 42.8 Å². The molecule has 1 rings (SSSR count). The summed E-state index contributed by atoms with van der Waals surface area (Å²) in [7, 11) is 0. The number of aryl methyl sites for hydroxylation is 1. The van der Waals surface area contributed by atoms with E-state index in [9.17, 15) is 4.79 Å². The van der Waals surface area contributed by atoms with Gasteiger partial charge in [0.05, 0.1) is 0 Å². The highest BCUT2D eigenvalue weighted by molar-refractivity contribution is 14.0. The van der Waals surface area contributed by atoms with E-state index in [1.807, 2.05) is 32.0 Å². The van der Waals surface area contributed by atoms with Gasteiger partial charge in [-0.2, -0.15) is 0 Å². The van der Waals surface area contributed by atoms with Crippen LogP contribution in [0.5, 0.6) is 0 Å². The summed E-state index contributed by atoms with van der Waals surface area (Å²) in [5.74, 6) is 1.07. The first-order chi connectivity index (χ1) is 13.0. The SMILES string of the molecule is CCCC(CCO)CN=C(NCC)NCCC(=O)Nc1ccc(Br)cc1C.I. The number of amides is 1. The Hall–Kier alpha value is -0.870. The van der Waals surface area contributed by atoms with Crippen molar-refractivity contribution in [1.29, 1.82) is 0 Å². The molecule has 0 aromatic heterocycles. The van der Waals surface area contributed by atoms with Gasteiger partial charge < -0.3 is 21.1 Å². The Kier molecular flexibility index (Phi) is 15.5. The van der Waals surface area contributed by atoms with Crippen LogP contribution in [0.25, 0.3) is 0 Å². The number of aliphatic imine (C=N–C) groups is 1. The van der Waals surface area contributed by atoms with E-state index in [-0.39, 0.29) is 36.5 Å². The fourth-order valence-electron chi connectivity index (χ4n) is 2.75. The number of nitrogens with one attached hydrogen (secondary N) is 3. The molecule has 160 valence electrons. The molecule has 6 nitrogen and oxygen atoms in total. The minimum atomic E-state index is -0.0343. The average molecular weight is 569 g/mol. The zero-order valence-electron chi connectivity index (χ0n) is 17.1. The highest BCUT2D eigenvalue weighted by atomic mass is 127. The molecule has 0 saturated carbocycles. The van der Waals surface area contributed by atoms with Crippen molar-refractivity contribution in [3.63, 3.8) is 0 Å². The number of guanidine groups is 1. The molecular weight excluding hydrogens is 535 g/mol. The van der Waals surface area contributed by atoms with Crippen molar-refractivity contribution in [2.75, 3.05) is 31.6 Å². The second-order valence-corrected chi connectivity index (χ2v) is 7.49. The third kappa shape index (κ3) is 11.2. The van der Waals surface area contributed by atoms with Gasteiger partial charge in [0.25, 0.3) is 0 Å². The first kappa shape index (κ1) is 27.1. The fraction of sp³-hybridized carbons (Fsp3) is 0.600. The lowest BCUT2D eigenvalue weighted by atomic mass is 10.0. The number of carbonyl (C=O) groups excluding carboxylic acids is 1. The molecular formula is C20H34BrIN4O2. The fourth-order valence-corrected chi connectivity index (χ4v) is 3.23. The van der Waals surface area contributed by atoms with Gasteiger partial charge in [-0.15, -0.1) is 24.0 Å². The number of rotatable bonds is 11. The molecule has 1 aromatic rings. The molecule has 0 aliphatic heterocycles. The molecule has 0 fully saturated rings. The zero-order chi connectivity index (χ0) is 20.1. The number of hydrogen-bond donors (Lipinski definition) is 4. The number of benzene rings is 1. The molecule has 1 aromatic carbocycles. The van der Waals surface area contributed by atoms with Crippen LogP contribution in [0.3, 0.4) is 0 Å². The minimum absolute atomic E-state index is 0. The number of aliphatic hydroxyl groups excluding tert-OH is 1. The summed E-state index contributed by atoms with van der Waals surface area (Å²) in [5.41, 5.74) is 1.85. The maximum Gasteiger partial charge on any atom is 0.226 e. The van der Waals surface area contributed by atoms with Gasteiger partial charge in [0.15, 0.2) is 5.96 Å². The molecule has 0 radical (unpaired) electrons. The summed E-state index contributed by atoms with van der Waals surface area (Å²) in [4.78, 5) is 16.8. The molecule has 0 bridgehead atoms. The normalized spacial score (nSPS) is 12.1. The maximum absolute atomic E-state index is 12.2. The van der Waals surface area contributed by atoms with Crippen molar-refractivity contribution in [3.05, 3.63) is 28.2 Å². The van der Waals surface area contributed by atoms with Gasteiger partial charge in [-0.05, 0) is 56.4 Å². The predicted molar refractivity (Wildman–Crippen MR) is 132 cm³/mol. The van der Waals surface area contributed by atoms with Crippen LogP contribution in [0.15, 0.2) is 27.7 Å². The van der Waals surface area contributed by atoms with E-state index < -0.39 is 0 Å². The van der Waals surface area contributed by atoms with E-state index in [1.165, 1.54) is 0 Å². The Morgan fingerprint density at radius 1 is 1.25 bits per heavy atom. The molecule has 1 atom stereocenters. The second-order valence-electron chi connectivity index (χ2n) is 6.57. The minimum Gasteiger partial charge on any atom is -0.396 e. The van der Waals surface area contributed by atoms with Crippen LogP contribution in [0.4, 0.5) is 5.69 Å². The number of carbonyl (C=O) groups is 1. The first-order valence-corrected chi connectivity index (χ1v) is 10.5. The highest BCUT2D eigenvalue weighted by Gasteiger charge is 2.08. The van der Waals surface area contributed by atoms with Crippen LogP contribution >= 0.6 is 39.9 Å². The van der Waals surface area contributed by atoms with E-state index in [1.54, 1.807) is 0 Å². The Bertz CT molecular complexity index is 608. The van der Waals surface area contributed by atoms with Gasteiger partial charge in [-0.3, -0.25) is 9.79 Å². The predicted octanol–water partition coefficient (Wildman–Crippen LogP) is 4.06. The average Bonchev–Trinajstić information content (AvgIpc) is 2.62. The standard InChI is InChI=1S/C20H33BrN4O2.HI/c1-4-6-16(10-12-26)14-24-20(22-5-2)23-11-9-19(27)25-18-8-7-17(21)13-15(18)3;/h7-8,13,16,26H,4-6,9-12,14H2,1-3H3,(H,25,27)(H2,22,23,24);1H. The van der Waals surface area contributed by atoms with Crippen molar-refractivity contribution < 1.29 is 9.90 Å². The van der Waals surface area contributed by atoms with Crippen LogP contribution in [0.2, 0.25) is 0 Å². The quantitative estimate of drug-likeness (QED) is 0.184. The molecule has 4 N–H and O–H groups in total. The van der Waals surface area contributed by atoms with E-state index in [0.717, 1.165) is 41.5 Å². The van der Waals surface area contributed by atoms with Crippen molar-refractivity contribution in [2.24, 2.45) is 10.9 Å². The van der Waals surface area contributed by atoms with Crippen LogP contribution in [-0.2, 0) is 4.79 Å². The highest BCUT2D eigenvalue weighted by Crippen LogP contribution is 2.20. The molecule has 28 heavy (non-hydrogen) atoms. The Balaban J connectivity index is 0.00000729. The van der Waals surface area contributed by atoms with E-state index in [4.69, 9.17) is 5.11 Å². The van der Waals surface area contributed by atoms with Crippen LogP contribution in [-0.4, -0.2) is 43.2 Å². The summed E-state index contributed by atoms with van der Waals surface area (Å²) >= 11 is 3.42. The van der Waals surface area contributed by atoms with Gasteiger partial charge in [0.2, 0.25) is 5.91 Å². The largest absolute Gasteiger partial charge is 0.396 e. The van der Waals surface area contributed by atoms with Crippen molar-refractivity contribution in [1.82, 2.24) is 10.6 Å². The van der Waals surface area contributed by atoms with Gasteiger partial charge in [0.1, 0.15) is 0 Å². The van der Waals surface area contributed by atoms with Crippen molar-refractivity contribution in [3.8, 4) is 0 Å². The van der Waals surface area contributed by atoms with Crippen LogP contribution in [0, 0.1) is 12.8 Å². The number of halogens is 2. The zero-order valence-corrected chi connectivity index (χ0v) is 21.0. The Morgan fingerprint density at radius 2 is 2.00 bits per heavy atom. The molecule has 1 amide bonds.